The van der Waals surface area contributed by atoms with Crippen molar-refractivity contribution in [1.82, 2.24) is 5.32 Å². The van der Waals surface area contributed by atoms with Gasteiger partial charge in [0.2, 0.25) is 0 Å². The van der Waals surface area contributed by atoms with Gasteiger partial charge in [0.1, 0.15) is 5.75 Å². The van der Waals surface area contributed by atoms with Crippen LogP contribution >= 0.6 is 11.6 Å². The Kier molecular flexibility index (Phi) is 5.91. The Morgan fingerprint density at radius 2 is 1.95 bits per heavy atom. The van der Waals surface area contributed by atoms with Gasteiger partial charge in [-0.3, -0.25) is 0 Å². The number of halogens is 1. The van der Waals surface area contributed by atoms with Gasteiger partial charge in [-0.2, -0.15) is 0 Å². The van der Waals surface area contributed by atoms with Crippen molar-refractivity contribution < 1.29 is 9.47 Å². The van der Waals surface area contributed by atoms with Gasteiger partial charge in [0.15, 0.2) is 0 Å². The van der Waals surface area contributed by atoms with Crippen LogP contribution in [0, 0.1) is 0 Å². The predicted octanol–water partition coefficient (Wildman–Crippen LogP) is 3.83. The maximum Gasteiger partial charge on any atom is 0.122 e. The van der Waals surface area contributed by atoms with Gasteiger partial charge in [0.05, 0.1) is 12.7 Å². The first-order valence-corrected chi connectivity index (χ1v) is 8.08. The second-order valence-electron chi connectivity index (χ2n) is 5.83. The summed E-state index contributed by atoms with van der Waals surface area (Å²) in [5.41, 5.74) is 1.05. The summed E-state index contributed by atoms with van der Waals surface area (Å²) in [5.74, 6) is 0.890. The van der Waals surface area contributed by atoms with Crippen LogP contribution in [-0.2, 0) is 11.2 Å². The first-order chi connectivity index (χ1) is 10.1. The monoisotopic (exact) mass is 311 g/mol. The number of ether oxygens (including phenoxy) is 2. The molecule has 3 nitrogen and oxygen atoms in total. The number of rotatable bonds is 6. The fraction of sp³-hybridized carbons (Fsp3) is 0.647. The summed E-state index contributed by atoms with van der Waals surface area (Å²) in [5, 5.41) is 4.21. The standard InChI is InChI=1S/C17H26ClNO2/c1-19-16(17(21-3)9-5-4-6-10-17)12-13-11-14(18)7-8-15(13)20-2/h7-8,11,16,19H,4-6,9-10,12H2,1-3H3. The predicted molar refractivity (Wildman–Crippen MR) is 87.4 cm³/mol. The van der Waals surface area contributed by atoms with Crippen LogP contribution in [0.5, 0.6) is 5.75 Å². The highest BCUT2D eigenvalue weighted by Gasteiger charge is 2.39. The van der Waals surface area contributed by atoms with E-state index < -0.39 is 0 Å². The molecule has 0 aromatic heterocycles. The summed E-state index contributed by atoms with van der Waals surface area (Å²) < 4.78 is 11.4. The minimum absolute atomic E-state index is 0.0830. The molecule has 0 bridgehead atoms. The normalized spacial score (nSPS) is 19.2. The molecule has 1 aromatic carbocycles. The maximum atomic E-state index is 6.15. The zero-order valence-corrected chi connectivity index (χ0v) is 14.0. The molecule has 1 aliphatic carbocycles. The second kappa shape index (κ2) is 7.48. The molecular formula is C17H26ClNO2. The van der Waals surface area contributed by atoms with E-state index in [4.69, 9.17) is 21.1 Å². The Morgan fingerprint density at radius 3 is 2.52 bits per heavy atom. The summed E-state index contributed by atoms with van der Waals surface area (Å²) in [6.45, 7) is 0. The number of nitrogens with one attached hydrogen (secondary N) is 1. The van der Waals surface area contributed by atoms with Gasteiger partial charge in [-0.15, -0.1) is 0 Å². The van der Waals surface area contributed by atoms with E-state index in [-0.39, 0.29) is 11.6 Å². The van der Waals surface area contributed by atoms with Gasteiger partial charge in [0, 0.05) is 18.2 Å². The third-order valence-corrected chi connectivity index (χ3v) is 4.99. The number of benzene rings is 1. The fourth-order valence-corrected chi connectivity index (χ4v) is 3.72. The summed E-state index contributed by atoms with van der Waals surface area (Å²) in [6.07, 6.45) is 6.85. The third kappa shape index (κ3) is 3.71. The maximum absolute atomic E-state index is 6.15. The zero-order valence-electron chi connectivity index (χ0n) is 13.2. The van der Waals surface area contributed by atoms with E-state index in [1.165, 1.54) is 19.3 Å². The Bertz CT molecular complexity index is 458. The summed E-state index contributed by atoms with van der Waals surface area (Å²) >= 11 is 6.15. The van der Waals surface area contributed by atoms with Gasteiger partial charge in [-0.25, -0.2) is 0 Å². The molecule has 0 heterocycles. The highest BCUT2D eigenvalue weighted by molar-refractivity contribution is 6.30. The molecule has 1 aliphatic rings. The first kappa shape index (κ1) is 16.6. The summed E-state index contributed by atoms with van der Waals surface area (Å²) in [4.78, 5) is 0. The van der Waals surface area contributed by atoms with E-state index >= 15 is 0 Å². The van der Waals surface area contributed by atoms with E-state index in [2.05, 4.69) is 5.32 Å². The van der Waals surface area contributed by atoms with Gasteiger partial charge in [-0.05, 0) is 50.1 Å². The molecule has 0 aliphatic heterocycles. The van der Waals surface area contributed by atoms with Crippen molar-refractivity contribution in [3.05, 3.63) is 28.8 Å². The first-order valence-electron chi connectivity index (χ1n) is 7.70. The van der Waals surface area contributed by atoms with Crippen LogP contribution in [0.1, 0.15) is 37.7 Å². The van der Waals surface area contributed by atoms with Crippen LogP contribution in [0.3, 0.4) is 0 Å². The van der Waals surface area contributed by atoms with Gasteiger partial charge in [-0.1, -0.05) is 30.9 Å². The van der Waals surface area contributed by atoms with Crippen LogP contribution in [0.15, 0.2) is 18.2 Å². The lowest BCUT2D eigenvalue weighted by Crippen LogP contribution is -2.53. The topological polar surface area (TPSA) is 30.5 Å². The SMILES string of the molecule is CNC(Cc1cc(Cl)ccc1OC)C1(OC)CCCCC1. The third-order valence-electron chi connectivity index (χ3n) is 4.76. The molecule has 1 saturated carbocycles. The molecule has 118 valence electrons. The highest BCUT2D eigenvalue weighted by Crippen LogP contribution is 2.36. The van der Waals surface area contributed by atoms with Crippen molar-refractivity contribution in [3.63, 3.8) is 0 Å². The Balaban J connectivity index is 2.23. The van der Waals surface area contributed by atoms with Crippen molar-refractivity contribution in [2.24, 2.45) is 0 Å². The van der Waals surface area contributed by atoms with Crippen LogP contribution < -0.4 is 10.1 Å². The minimum Gasteiger partial charge on any atom is -0.496 e. The molecule has 0 radical (unpaired) electrons. The van der Waals surface area contributed by atoms with Crippen LogP contribution in [0.25, 0.3) is 0 Å². The lowest BCUT2D eigenvalue weighted by atomic mass is 9.77. The van der Waals surface area contributed by atoms with E-state index in [1.807, 2.05) is 32.4 Å². The molecule has 0 spiro atoms. The Hall–Kier alpha value is -0.770. The Morgan fingerprint density at radius 1 is 1.24 bits per heavy atom. The lowest BCUT2D eigenvalue weighted by Gasteiger charge is -2.42. The minimum atomic E-state index is -0.0830. The number of likely N-dealkylation sites (N-methyl/N-ethyl adjacent to an activating group) is 1. The molecule has 1 unspecified atom stereocenters. The quantitative estimate of drug-likeness (QED) is 0.866. The van der Waals surface area contributed by atoms with Gasteiger partial charge < -0.3 is 14.8 Å². The zero-order chi connectivity index (χ0) is 15.3. The smallest absolute Gasteiger partial charge is 0.122 e. The van der Waals surface area contributed by atoms with Crippen molar-refractivity contribution in [2.75, 3.05) is 21.3 Å². The molecule has 2 rings (SSSR count). The lowest BCUT2D eigenvalue weighted by molar-refractivity contribution is -0.0657. The van der Waals surface area contributed by atoms with Crippen LogP contribution in [0.4, 0.5) is 0 Å². The van der Waals surface area contributed by atoms with Crippen LogP contribution in [-0.4, -0.2) is 32.9 Å². The number of hydrogen-bond acceptors (Lipinski definition) is 3. The molecule has 21 heavy (non-hydrogen) atoms. The molecule has 4 heteroatoms. The van der Waals surface area contributed by atoms with Crippen LogP contribution in [0.2, 0.25) is 5.02 Å². The molecule has 0 saturated heterocycles. The van der Waals surface area contributed by atoms with Crippen molar-refractivity contribution >= 4 is 11.6 Å². The average Bonchev–Trinajstić information content (AvgIpc) is 2.53. The highest BCUT2D eigenvalue weighted by atomic mass is 35.5. The number of methoxy groups -OCH3 is 2. The molecule has 1 aromatic rings. The van der Waals surface area contributed by atoms with Gasteiger partial charge >= 0.3 is 0 Å². The van der Waals surface area contributed by atoms with Gasteiger partial charge in [0.25, 0.3) is 0 Å². The molecule has 1 fully saturated rings. The average molecular weight is 312 g/mol. The molecule has 1 atom stereocenters. The van der Waals surface area contributed by atoms with E-state index in [0.29, 0.717) is 0 Å². The fourth-order valence-electron chi connectivity index (χ4n) is 3.52. The van der Waals surface area contributed by atoms with Crippen molar-refractivity contribution in [3.8, 4) is 5.75 Å². The molecule has 1 N–H and O–H groups in total. The Labute approximate surface area is 133 Å². The van der Waals surface area contributed by atoms with E-state index in [0.717, 1.165) is 35.6 Å². The van der Waals surface area contributed by atoms with E-state index in [1.54, 1.807) is 7.11 Å². The largest absolute Gasteiger partial charge is 0.496 e. The second-order valence-corrected chi connectivity index (χ2v) is 6.27. The number of hydrogen-bond donors (Lipinski definition) is 1. The van der Waals surface area contributed by atoms with E-state index in [9.17, 15) is 0 Å². The molecular weight excluding hydrogens is 286 g/mol. The van der Waals surface area contributed by atoms with Crippen molar-refractivity contribution in [1.29, 1.82) is 0 Å². The summed E-state index contributed by atoms with van der Waals surface area (Å²) in [6, 6.07) is 6.06. The van der Waals surface area contributed by atoms with Crippen molar-refractivity contribution in [2.45, 2.75) is 50.2 Å². The molecule has 0 amide bonds. The summed E-state index contributed by atoms with van der Waals surface area (Å²) in [7, 11) is 5.55.